The molecule has 0 aliphatic heterocycles. The number of ether oxygens (including phenoxy) is 1. The van der Waals surface area contributed by atoms with Crippen LogP contribution < -0.4 is 0 Å². The molecule has 0 spiro atoms. The van der Waals surface area contributed by atoms with Gasteiger partial charge < -0.3 is 14.6 Å². The molecule has 0 heterocycles. The van der Waals surface area contributed by atoms with E-state index in [1.54, 1.807) is 48.5 Å². The lowest BCUT2D eigenvalue weighted by Crippen LogP contribution is -2.71. The fraction of sp³-hybridized carbons (Fsp3) is 0.364. The first-order chi connectivity index (χ1) is 14.2. The number of nitro groups is 1. The average molecular weight is 415 g/mol. The first kappa shape index (κ1) is 21.6. The Labute approximate surface area is 172 Å². The molecule has 0 saturated heterocycles. The van der Waals surface area contributed by atoms with Crippen LogP contribution in [0.5, 0.6) is 0 Å². The molecule has 7 nitrogen and oxygen atoms in total. The number of nitrogens with zero attached hydrogens (tertiary/aromatic N) is 1. The van der Waals surface area contributed by atoms with Crippen LogP contribution in [0.4, 0.5) is 4.39 Å². The van der Waals surface area contributed by atoms with Crippen LogP contribution in [0.25, 0.3) is 0 Å². The highest BCUT2D eigenvalue weighted by atomic mass is 19.1. The molecule has 30 heavy (non-hydrogen) atoms. The van der Waals surface area contributed by atoms with Crippen LogP contribution in [-0.2, 0) is 14.3 Å². The van der Waals surface area contributed by atoms with Gasteiger partial charge in [0.2, 0.25) is 11.7 Å². The Kier molecular flexibility index (Phi) is 5.72. The van der Waals surface area contributed by atoms with Gasteiger partial charge in [-0.25, -0.2) is 9.18 Å². The monoisotopic (exact) mass is 415 g/mol. The second kappa shape index (κ2) is 7.95. The van der Waals surface area contributed by atoms with E-state index in [0.717, 1.165) is 14.0 Å². The van der Waals surface area contributed by atoms with Gasteiger partial charge in [-0.1, -0.05) is 60.7 Å². The molecular weight excluding hydrogens is 393 g/mol. The second-order valence-corrected chi connectivity index (χ2v) is 7.61. The van der Waals surface area contributed by atoms with Gasteiger partial charge in [0, 0.05) is 4.92 Å². The first-order valence-electron chi connectivity index (χ1n) is 9.40. The molecule has 8 heteroatoms. The Morgan fingerprint density at radius 3 is 2.07 bits per heavy atom. The SMILES string of the molecule is COC(=O)[C@]1(F)[C@@H](c2ccccc2)[C@@H]([N+](=O)[O-])[C@@H](c2ccccc2)[C@H](C=O)[C@]1(C)O. The normalized spacial score (nSPS) is 33.5. The maximum atomic E-state index is 16.6. The number of esters is 1. The van der Waals surface area contributed by atoms with Gasteiger partial charge >= 0.3 is 5.97 Å². The van der Waals surface area contributed by atoms with Crippen LogP contribution >= 0.6 is 0 Å². The summed E-state index contributed by atoms with van der Waals surface area (Å²) in [5, 5.41) is 23.6. The Morgan fingerprint density at radius 1 is 1.13 bits per heavy atom. The van der Waals surface area contributed by atoms with Crippen molar-refractivity contribution in [3.8, 4) is 0 Å². The van der Waals surface area contributed by atoms with Gasteiger partial charge in [0.1, 0.15) is 17.8 Å². The molecule has 0 aromatic heterocycles. The van der Waals surface area contributed by atoms with Crippen molar-refractivity contribution in [2.75, 3.05) is 7.11 Å². The quantitative estimate of drug-likeness (QED) is 0.348. The van der Waals surface area contributed by atoms with Crippen molar-refractivity contribution in [2.24, 2.45) is 5.92 Å². The highest BCUT2D eigenvalue weighted by Crippen LogP contribution is 2.57. The van der Waals surface area contributed by atoms with E-state index >= 15 is 4.39 Å². The summed E-state index contributed by atoms with van der Waals surface area (Å²) in [6, 6.07) is 14.1. The summed E-state index contributed by atoms with van der Waals surface area (Å²) >= 11 is 0. The van der Waals surface area contributed by atoms with Crippen molar-refractivity contribution in [1.82, 2.24) is 0 Å². The summed E-state index contributed by atoms with van der Waals surface area (Å²) in [7, 11) is 0.933. The maximum Gasteiger partial charge on any atom is 0.347 e. The van der Waals surface area contributed by atoms with Gasteiger partial charge in [-0.05, 0) is 18.1 Å². The molecule has 6 atom stereocenters. The van der Waals surface area contributed by atoms with Crippen LogP contribution in [0, 0.1) is 16.0 Å². The Balaban J connectivity index is 2.38. The highest BCUT2D eigenvalue weighted by molar-refractivity contribution is 5.85. The van der Waals surface area contributed by atoms with Gasteiger partial charge in [0.25, 0.3) is 0 Å². The van der Waals surface area contributed by atoms with E-state index in [1.165, 1.54) is 12.1 Å². The molecule has 1 aliphatic carbocycles. The minimum Gasteiger partial charge on any atom is -0.467 e. The minimum atomic E-state index is -3.24. The molecule has 1 saturated carbocycles. The molecule has 0 radical (unpaired) electrons. The molecule has 1 aliphatic rings. The summed E-state index contributed by atoms with van der Waals surface area (Å²) in [5.74, 6) is -5.91. The number of rotatable bonds is 5. The predicted octanol–water partition coefficient (Wildman–Crippen LogP) is 2.66. The topological polar surface area (TPSA) is 107 Å². The van der Waals surface area contributed by atoms with Crippen molar-refractivity contribution in [2.45, 2.75) is 36.1 Å². The van der Waals surface area contributed by atoms with E-state index in [0.29, 0.717) is 5.56 Å². The van der Waals surface area contributed by atoms with E-state index in [2.05, 4.69) is 4.74 Å². The van der Waals surface area contributed by atoms with Crippen LogP contribution in [0.15, 0.2) is 60.7 Å². The van der Waals surface area contributed by atoms with Crippen molar-refractivity contribution < 1.29 is 28.7 Å². The number of aldehydes is 1. The number of methoxy groups -OCH3 is 1. The average Bonchev–Trinajstić information content (AvgIpc) is 2.75. The van der Waals surface area contributed by atoms with Gasteiger partial charge in [-0.2, -0.15) is 0 Å². The van der Waals surface area contributed by atoms with E-state index in [1.807, 2.05) is 0 Å². The largest absolute Gasteiger partial charge is 0.467 e. The zero-order chi connectivity index (χ0) is 22.1. The Morgan fingerprint density at radius 2 is 1.63 bits per heavy atom. The number of benzene rings is 2. The summed E-state index contributed by atoms with van der Waals surface area (Å²) in [5.41, 5.74) is -5.27. The smallest absolute Gasteiger partial charge is 0.347 e. The fourth-order valence-corrected chi connectivity index (χ4v) is 4.68. The van der Waals surface area contributed by atoms with Crippen LogP contribution in [0.1, 0.15) is 29.9 Å². The molecule has 1 fully saturated rings. The number of alkyl halides is 1. The van der Waals surface area contributed by atoms with Crippen LogP contribution in [0.2, 0.25) is 0 Å². The third-order valence-corrected chi connectivity index (χ3v) is 6.13. The molecule has 1 N–H and O–H groups in total. The number of carbonyl (C=O) groups is 2. The first-order valence-corrected chi connectivity index (χ1v) is 9.40. The van der Waals surface area contributed by atoms with Crippen LogP contribution in [0.3, 0.4) is 0 Å². The van der Waals surface area contributed by atoms with Crippen molar-refractivity contribution in [3.05, 3.63) is 81.9 Å². The van der Waals surface area contributed by atoms with Gasteiger partial charge in [0.15, 0.2) is 0 Å². The maximum absolute atomic E-state index is 16.6. The summed E-state index contributed by atoms with van der Waals surface area (Å²) in [6.07, 6.45) is 0.284. The molecule has 0 unspecified atom stereocenters. The van der Waals surface area contributed by atoms with Crippen molar-refractivity contribution >= 4 is 12.3 Å². The summed E-state index contributed by atoms with van der Waals surface area (Å²) in [6.45, 7) is 1.02. The Hall–Kier alpha value is -3.13. The van der Waals surface area contributed by atoms with Crippen LogP contribution in [-0.4, -0.2) is 46.7 Å². The highest BCUT2D eigenvalue weighted by Gasteiger charge is 2.74. The molecule has 2 aromatic carbocycles. The fourth-order valence-electron chi connectivity index (χ4n) is 4.68. The third-order valence-electron chi connectivity index (χ3n) is 6.13. The lowest BCUT2D eigenvalue weighted by atomic mass is 9.53. The number of hydrogen-bond acceptors (Lipinski definition) is 6. The van der Waals surface area contributed by atoms with Crippen molar-refractivity contribution in [3.63, 3.8) is 0 Å². The molecule has 0 amide bonds. The lowest BCUT2D eigenvalue weighted by Gasteiger charge is -2.52. The summed E-state index contributed by atoms with van der Waals surface area (Å²) < 4.78 is 21.3. The molecule has 3 rings (SSSR count). The van der Waals surface area contributed by atoms with Gasteiger partial charge in [-0.3, -0.25) is 10.1 Å². The standard InChI is InChI=1S/C22H22FNO6/c1-21(27)16(13-25)17(14-9-5-3-6-10-14)19(24(28)29)18(15-11-7-4-8-12-15)22(21,23)20(26)30-2/h3-13,16-19,27H,1-2H3/t16-,17-,18-,19-,21-,22+/m0/s1. The van der Waals surface area contributed by atoms with E-state index in [-0.39, 0.29) is 11.8 Å². The number of halogens is 1. The Bertz CT molecular complexity index is 935. The molecular formula is C22H22FNO6. The molecule has 158 valence electrons. The number of hydrogen-bond donors (Lipinski definition) is 1. The molecule has 0 bridgehead atoms. The molecule has 2 aromatic rings. The van der Waals surface area contributed by atoms with Gasteiger partial charge in [0.05, 0.1) is 18.9 Å². The number of aliphatic hydroxyl groups is 1. The van der Waals surface area contributed by atoms with E-state index < -0.39 is 46.0 Å². The number of carbonyl (C=O) groups excluding carboxylic acids is 2. The van der Waals surface area contributed by atoms with Crippen molar-refractivity contribution in [1.29, 1.82) is 0 Å². The van der Waals surface area contributed by atoms with E-state index in [4.69, 9.17) is 0 Å². The zero-order valence-corrected chi connectivity index (χ0v) is 16.5. The second-order valence-electron chi connectivity index (χ2n) is 7.61. The lowest BCUT2D eigenvalue weighted by molar-refractivity contribution is -0.542. The zero-order valence-electron chi connectivity index (χ0n) is 16.5. The summed E-state index contributed by atoms with van der Waals surface area (Å²) in [4.78, 5) is 36.3. The third kappa shape index (κ3) is 3.08. The predicted molar refractivity (Wildman–Crippen MR) is 105 cm³/mol. The minimum absolute atomic E-state index is 0.151. The van der Waals surface area contributed by atoms with E-state index in [9.17, 15) is 24.8 Å². The van der Waals surface area contributed by atoms with Gasteiger partial charge in [-0.15, -0.1) is 0 Å².